The molecule has 0 saturated heterocycles. The summed E-state index contributed by atoms with van der Waals surface area (Å²) in [5.41, 5.74) is 1.64. The number of ether oxygens (including phenoxy) is 1. The summed E-state index contributed by atoms with van der Waals surface area (Å²) in [6, 6.07) is 7.20. The van der Waals surface area contributed by atoms with Crippen molar-refractivity contribution in [1.29, 1.82) is 0 Å². The number of ketones is 1. The number of methoxy groups -OCH3 is 1. The maximum atomic E-state index is 11.0. The summed E-state index contributed by atoms with van der Waals surface area (Å²) in [4.78, 5) is 21.8. The first kappa shape index (κ1) is 12.2. The average Bonchev–Trinajstić information content (AvgIpc) is 2.29. The lowest BCUT2D eigenvalue weighted by Crippen LogP contribution is -1.96. The van der Waals surface area contributed by atoms with E-state index in [1.165, 1.54) is 14.0 Å². The van der Waals surface area contributed by atoms with Crippen LogP contribution in [0.1, 0.15) is 29.3 Å². The number of carbonyl (C=O) groups is 2. The van der Waals surface area contributed by atoms with Gasteiger partial charge in [-0.3, -0.25) is 9.59 Å². The zero-order valence-electron chi connectivity index (χ0n) is 9.40. The molecule has 0 aliphatic heterocycles. The van der Waals surface area contributed by atoms with E-state index in [9.17, 15) is 9.59 Å². The summed E-state index contributed by atoms with van der Waals surface area (Å²) in [6.45, 7) is 1.53. The van der Waals surface area contributed by atoms with Gasteiger partial charge in [-0.25, -0.2) is 0 Å². The summed E-state index contributed by atoms with van der Waals surface area (Å²) >= 11 is 0. The summed E-state index contributed by atoms with van der Waals surface area (Å²) in [5.74, 6) is -0.221. The number of hydrogen-bond acceptors (Lipinski definition) is 3. The third kappa shape index (κ3) is 3.69. The Kier molecular flexibility index (Phi) is 4.45. The standard InChI is InChI=1S/C13H14O3/c1-10(14)12-8-6-11(7-9-12)4-3-5-13(15)16-2/h3-4,6-9H,5H2,1-2H3. The van der Waals surface area contributed by atoms with Gasteiger partial charge in [0.15, 0.2) is 5.78 Å². The van der Waals surface area contributed by atoms with Crippen molar-refractivity contribution in [2.24, 2.45) is 0 Å². The molecule has 0 N–H and O–H groups in total. The molecule has 84 valence electrons. The first-order valence-electron chi connectivity index (χ1n) is 4.98. The minimum atomic E-state index is -0.267. The Hall–Kier alpha value is -1.90. The average molecular weight is 218 g/mol. The van der Waals surface area contributed by atoms with Gasteiger partial charge in [0.25, 0.3) is 0 Å². The van der Waals surface area contributed by atoms with Gasteiger partial charge in [0, 0.05) is 5.56 Å². The third-order valence-electron chi connectivity index (χ3n) is 2.14. The van der Waals surface area contributed by atoms with E-state index in [0.717, 1.165) is 5.56 Å². The first-order valence-corrected chi connectivity index (χ1v) is 4.98. The molecule has 0 saturated carbocycles. The van der Waals surface area contributed by atoms with Crippen LogP contribution in [0.5, 0.6) is 0 Å². The lowest BCUT2D eigenvalue weighted by molar-refractivity contribution is -0.139. The van der Waals surface area contributed by atoms with Crippen LogP contribution in [0.3, 0.4) is 0 Å². The van der Waals surface area contributed by atoms with Crippen LogP contribution in [0.2, 0.25) is 0 Å². The maximum Gasteiger partial charge on any atom is 0.309 e. The molecular formula is C13H14O3. The molecule has 0 unspecified atom stereocenters. The predicted molar refractivity (Wildman–Crippen MR) is 62.1 cm³/mol. The van der Waals surface area contributed by atoms with Crippen molar-refractivity contribution in [2.75, 3.05) is 7.11 Å². The highest BCUT2D eigenvalue weighted by Gasteiger charge is 1.97. The van der Waals surface area contributed by atoms with Crippen molar-refractivity contribution in [1.82, 2.24) is 0 Å². The molecule has 0 heterocycles. The van der Waals surface area contributed by atoms with Gasteiger partial charge in [0.2, 0.25) is 0 Å². The molecule has 0 fully saturated rings. The van der Waals surface area contributed by atoms with Gasteiger partial charge in [0.05, 0.1) is 13.5 Å². The predicted octanol–water partition coefficient (Wildman–Crippen LogP) is 2.47. The fourth-order valence-electron chi connectivity index (χ4n) is 1.20. The van der Waals surface area contributed by atoms with Crippen molar-refractivity contribution in [2.45, 2.75) is 13.3 Å². The van der Waals surface area contributed by atoms with Gasteiger partial charge in [-0.15, -0.1) is 0 Å². The molecule has 3 heteroatoms. The number of rotatable bonds is 4. The van der Waals surface area contributed by atoms with E-state index in [2.05, 4.69) is 4.74 Å². The van der Waals surface area contributed by atoms with Gasteiger partial charge < -0.3 is 4.74 Å². The Labute approximate surface area is 94.7 Å². The molecule has 1 aromatic carbocycles. The van der Waals surface area contributed by atoms with Crippen LogP contribution in [-0.4, -0.2) is 18.9 Å². The molecule has 1 aromatic rings. The molecule has 0 atom stereocenters. The summed E-state index contributed by atoms with van der Waals surface area (Å²) in [5, 5.41) is 0. The molecule has 0 spiro atoms. The number of carbonyl (C=O) groups excluding carboxylic acids is 2. The van der Waals surface area contributed by atoms with E-state index in [0.29, 0.717) is 5.56 Å². The highest BCUT2D eigenvalue weighted by molar-refractivity contribution is 5.94. The fourth-order valence-corrected chi connectivity index (χ4v) is 1.20. The normalized spacial score (nSPS) is 10.4. The summed E-state index contributed by atoms with van der Waals surface area (Å²) in [7, 11) is 1.36. The van der Waals surface area contributed by atoms with E-state index in [4.69, 9.17) is 0 Å². The molecule has 1 rings (SSSR count). The van der Waals surface area contributed by atoms with Gasteiger partial charge in [-0.05, 0) is 12.5 Å². The monoisotopic (exact) mass is 218 g/mol. The lowest BCUT2D eigenvalue weighted by atomic mass is 10.1. The SMILES string of the molecule is COC(=O)CC=Cc1ccc(C(C)=O)cc1. The molecular weight excluding hydrogens is 204 g/mol. The second kappa shape index (κ2) is 5.85. The quantitative estimate of drug-likeness (QED) is 0.576. The second-order valence-corrected chi connectivity index (χ2v) is 3.36. The van der Waals surface area contributed by atoms with E-state index in [1.54, 1.807) is 18.2 Å². The van der Waals surface area contributed by atoms with Crippen LogP contribution in [0.25, 0.3) is 6.08 Å². The van der Waals surface area contributed by atoms with Gasteiger partial charge in [0.1, 0.15) is 0 Å². The topological polar surface area (TPSA) is 43.4 Å². The number of Topliss-reactive ketones (excluding diaryl/α,β-unsaturated/α-hetero) is 1. The molecule has 16 heavy (non-hydrogen) atoms. The minimum Gasteiger partial charge on any atom is -0.469 e. The van der Waals surface area contributed by atoms with Crippen molar-refractivity contribution >= 4 is 17.8 Å². The van der Waals surface area contributed by atoms with Crippen LogP contribution in [0.15, 0.2) is 30.3 Å². The largest absolute Gasteiger partial charge is 0.469 e. The third-order valence-corrected chi connectivity index (χ3v) is 2.14. The van der Waals surface area contributed by atoms with E-state index in [-0.39, 0.29) is 18.2 Å². The highest BCUT2D eigenvalue weighted by Crippen LogP contribution is 2.07. The van der Waals surface area contributed by atoms with E-state index in [1.807, 2.05) is 18.2 Å². The Morgan fingerprint density at radius 3 is 2.38 bits per heavy atom. The first-order chi connectivity index (χ1) is 7.63. The lowest BCUT2D eigenvalue weighted by Gasteiger charge is -1.97. The minimum absolute atomic E-state index is 0.0464. The molecule has 0 radical (unpaired) electrons. The van der Waals surface area contributed by atoms with Crippen LogP contribution in [0, 0.1) is 0 Å². The van der Waals surface area contributed by atoms with Crippen LogP contribution < -0.4 is 0 Å². The molecule has 0 aliphatic carbocycles. The van der Waals surface area contributed by atoms with Crippen LogP contribution in [0.4, 0.5) is 0 Å². The van der Waals surface area contributed by atoms with Gasteiger partial charge in [-0.2, -0.15) is 0 Å². The molecule has 0 bridgehead atoms. The number of benzene rings is 1. The number of esters is 1. The number of hydrogen-bond donors (Lipinski definition) is 0. The Morgan fingerprint density at radius 2 is 1.88 bits per heavy atom. The Morgan fingerprint density at radius 1 is 1.25 bits per heavy atom. The van der Waals surface area contributed by atoms with E-state index < -0.39 is 0 Å². The van der Waals surface area contributed by atoms with Gasteiger partial charge in [-0.1, -0.05) is 36.4 Å². The van der Waals surface area contributed by atoms with Gasteiger partial charge >= 0.3 is 5.97 Å². The van der Waals surface area contributed by atoms with Crippen LogP contribution >= 0.6 is 0 Å². The van der Waals surface area contributed by atoms with Crippen molar-refractivity contribution in [3.05, 3.63) is 41.5 Å². The fraction of sp³-hybridized carbons (Fsp3) is 0.231. The zero-order valence-corrected chi connectivity index (χ0v) is 9.40. The molecule has 0 aromatic heterocycles. The van der Waals surface area contributed by atoms with Crippen molar-refractivity contribution in [3.63, 3.8) is 0 Å². The smallest absolute Gasteiger partial charge is 0.309 e. The Balaban J connectivity index is 2.61. The second-order valence-electron chi connectivity index (χ2n) is 3.36. The highest BCUT2D eigenvalue weighted by atomic mass is 16.5. The maximum absolute atomic E-state index is 11.0. The molecule has 3 nitrogen and oxygen atoms in total. The van der Waals surface area contributed by atoms with Crippen molar-refractivity contribution < 1.29 is 14.3 Å². The van der Waals surface area contributed by atoms with Crippen LogP contribution in [-0.2, 0) is 9.53 Å². The molecule has 0 aliphatic rings. The summed E-state index contributed by atoms with van der Waals surface area (Å²) < 4.78 is 4.50. The summed E-state index contributed by atoms with van der Waals surface area (Å²) in [6.07, 6.45) is 3.81. The van der Waals surface area contributed by atoms with E-state index >= 15 is 0 Å². The Bertz CT molecular complexity index is 402. The molecule has 0 amide bonds. The van der Waals surface area contributed by atoms with Crippen molar-refractivity contribution in [3.8, 4) is 0 Å². The zero-order chi connectivity index (χ0) is 12.0.